The normalized spacial score (nSPS) is 17.3. The van der Waals surface area contributed by atoms with Crippen molar-refractivity contribution < 1.29 is 19.1 Å². The van der Waals surface area contributed by atoms with Crippen LogP contribution < -0.4 is 4.90 Å². The second-order valence-corrected chi connectivity index (χ2v) is 8.72. The summed E-state index contributed by atoms with van der Waals surface area (Å²) in [5.74, 6) is 0.956. The topological polar surface area (TPSA) is 99.2 Å². The van der Waals surface area contributed by atoms with Gasteiger partial charge in [-0.25, -0.2) is 9.97 Å². The van der Waals surface area contributed by atoms with E-state index < -0.39 is 0 Å². The Morgan fingerprint density at radius 2 is 1.39 bits per heavy atom. The largest absolute Gasteiger partial charge is 0.380 e. The van der Waals surface area contributed by atoms with Crippen molar-refractivity contribution in [3.05, 3.63) is 18.0 Å². The molecule has 3 rings (SSSR count). The highest BCUT2D eigenvalue weighted by Crippen LogP contribution is 2.11. The molecule has 3 heterocycles. The van der Waals surface area contributed by atoms with Gasteiger partial charge in [-0.05, 0) is 19.4 Å². The Bertz CT molecular complexity index is 787. The molecule has 2 saturated heterocycles. The van der Waals surface area contributed by atoms with E-state index in [0.29, 0.717) is 58.7 Å². The first-order valence-electron chi connectivity index (χ1n) is 11.8. The number of carbonyl (C=O) groups excluding carboxylic acids is 3. The maximum atomic E-state index is 12.5. The van der Waals surface area contributed by atoms with Crippen LogP contribution in [0.4, 0.5) is 5.95 Å². The predicted octanol–water partition coefficient (Wildman–Crippen LogP) is 0.354. The zero-order valence-electron chi connectivity index (χ0n) is 19.9. The van der Waals surface area contributed by atoms with Crippen LogP contribution in [0.15, 0.2) is 12.4 Å². The summed E-state index contributed by atoms with van der Waals surface area (Å²) in [6.45, 7) is 11.1. The quantitative estimate of drug-likeness (QED) is 0.462. The van der Waals surface area contributed by atoms with Crippen LogP contribution in [0, 0.1) is 6.92 Å². The van der Waals surface area contributed by atoms with Crippen LogP contribution in [0.25, 0.3) is 0 Å². The van der Waals surface area contributed by atoms with Gasteiger partial charge in [0.05, 0.1) is 19.6 Å². The minimum atomic E-state index is 0.0525. The summed E-state index contributed by atoms with van der Waals surface area (Å²) in [7, 11) is 0. The van der Waals surface area contributed by atoms with Crippen molar-refractivity contribution in [3.8, 4) is 0 Å². The van der Waals surface area contributed by atoms with Gasteiger partial charge in [-0.3, -0.25) is 14.5 Å². The number of rotatable bonds is 10. The molecule has 2 aliphatic rings. The van der Waals surface area contributed by atoms with Crippen LogP contribution in [0.2, 0.25) is 0 Å². The number of piperazine rings is 2. The number of ether oxygens (including phenoxy) is 1. The first kappa shape index (κ1) is 25.0. The zero-order chi connectivity index (χ0) is 23.6. The van der Waals surface area contributed by atoms with Crippen LogP contribution >= 0.6 is 0 Å². The second-order valence-electron chi connectivity index (χ2n) is 8.72. The molecule has 2 aliphatic heterocycles. The summed E-state index contributed by atoms with van der Waals surface area (Å²) in [4.78, 5) is 52.4. The lowest BCUT2D eigenvalue weighted by Crippen LogP contribution is -2.49. The molecule has 0 saturated carbocycles. The Balaban J connectivity index is 1.23. The minimum Gasteiger partial charge on any atom is -0.380 e. The number of Topliss-reactive ketones (excluding diaryl/α,β-unsaturated/α-hetero) is 1. The molecule has 0 radical (unpaired) electrons. The van der Waals surface area contributed by atoms with Gasteiger partial charge in [0, 0.05) is 84.1 Å². The molecule has 0 N–H and O–H groups in total. The fraction of sp³-hybridized carbons (Fsp3) is 0.696. The molecule has 1 aromatic rings. The lowest BCUT2D eigenvalue weighted by atomic mass is 10.2. The third-order valence-electron chi connectivity index (χ3n) is 6.11. The molecule has 0 unspecified atom stereocenters. The first-order valence-corrected chi connectivity index (χ1v) is 11.8. The van der Waals surface area contributed by atoms with Gasteiger partial charge in [0.1, 0.15) is 5.78 Å². The van der Waals surface area contributed by atoms with Gasteiger partial charge in [0.15, 0.2) is 0 Å². The van der Waals surface area contributed by atoms with Gasteiger partial charge < -0.3 is 24.2 Å². The Morgan fingerprint density at radius 1 is 0.818 bits per heavy atom. The molecular weight excluding hydrogens is 424 g/mol. The second kappa shape index (κ2) is 12.6. The summed E-state index contributed by atoms with van der Waals surface area (Å²) in [6, 6.07) is 0. The molecule has 0 bridgehead atoms. The van der Waals surface area contributed by atoms with Crippen molar-refractivity contribution in [2.24, 2.45) is 0 Å². The molecule has 0 aliphatic carbocycles. The number of nitrogens with zero attached hydrogens (tertiary/aromatic N) is 6. The van der Waals surface area contributed by atoms with Gasteiger partial charge in [-0.1, -0.05) is 0 Å². The van der Waals surface area contributed by atoms with E-state index in [1.54, 1.807) is 0 Å². The van der Waals surface area contributed by atoms with E-state index in [-0.39, 0.29) is 17.6 Å². The van der Waals surface area contributed by atoms with Gasteiger partial charge >= 0.3 is 0 Å². The maximum absolute atomic E-state index is 12.5. The summed E-state index contributed by atoms with van der Waals surface area (Å²) in [5.41, 5.74) is 1.03. The molecule has 0 aromatic carbocycles. The molecule has 2 amide bonds. The first-order chi connectivity index (χ1) is 15.9. The van der Waals surface area contributed by atoms with Crippen molar-refractivity contribution >= 4 is 23.5 Å². The SMILES string of the molecule is CC(=O)CCC(=O)N1CCN(CCOCCC(=O)N2CCN(c3ncc(C)cn3)CC2)CC1. The zero-order valence-corrected chi connectivity index (χ0v) is 19.9. The number of carbonyl (C=O) groups is 3. The molecule has 10 nitrogen and oxygen atoms in total. The van der Waals surface area contributed by atoms with E-state index in [1.165, 1.54) is 6.92 Å². The van der Waals surface area contributed by atoms with Gasteiger partial charge in [0.25, 0.3) is 0 Å². The molecule has 10 heteroatoms. The van der Waals surface area contributed by atoms with Gasteiger partial charge in [0.2, 0.25) is 17.8 Å². The third kappa shape index (κ3) is 8.04. The van der Waals surface area contributed by atoms with Crippen molar-refractivity contribution in [2.75, 3.05) is 77.0 Å². The highest BCUT2D eigenvalue weighted by Gasteiger charge is 2.23. The van der Waals surface area contributed by atoms with E-state index in [9.17, 15) is 14.4 Å². The Labute approximate surface area is 195 Å². The summed E-state index contributed by atoms with van der Waals surface area (Å²) in [5, 5.41) is 0. The number of hydrogen-bond acceptors (Lipinski definition) is 8. The van der Waals surface area contributed by atoms with Gasteiger partial charge in [-0.2, -0.15) is 0 Å². The maximum Gasteiger partial charge on any atom is 0.225 e. The molecule has 182 valence electrons. The molecule has 1 aromatic heterocycles. The number of aryl methyl sites for hydroxylation is 1. The number of hydrogen-bond donors (Lipinski definition) is 0. The van der Waals surface area contributed by atoms with E-state index in [4.69, 9.17) is 4.74 Å². The highest BCUT2D eigenvalue weighted by molar-refractivity contribution is 5.83. The van der Waals surface area contributed by atoms with Crippen molar-refractivity contribution in [3.63, 3.8) is 0 Å². The van der Waals surface area contributed by atoms with Crippen LogP contribution in [-0.4, -0.2) is 114 Å². The smallest absolute Gasteiger partial charge is 0.225 e. The highest BCUT2D eigenvalue weighted by atomic mass is 16.5. The summed E-state index contributed by atoms with van der Waals surface area (Å²) in [6.07, 6.45) is 4.64. The van der Waals surface area contributed by atoms with Gasteiger partial charge in [-0.15, -0.1) is 0 Å². The fourth-order valence-electron chi connectivity index (χ4n) is 3.98. The van der Waals surface area contributed by atoms with Crippen LogP contribution in [-0.2, 0) is 19.1 Å². The molecule has 0 spiro atoms. The standard InChI is InChI=1S/C23H36N6O4/c1-19-17-24-23(25-18-19)29-12-10-28(11-13-29)22(32)5-15-33-16-14-26-6-8-27(9-7-26)21(31)4-3-20(2)30/h17-18H,3-16H2,1-2H3. The van der Waals surface area contributed by atoms with Crippen LogP contribution in [0.5, 0.6) is 0 Å². The molecular formula is C23H36N6O4. The van der Waals surface area contributed by atoms with E-state index in [1.807, 2.05) is 29.1 Å². The number of amides is 2. The average Bonchev–Trinajstić information content (AvgIpc) is 2.83. The average molecular weight is 461 g/mol. The molecule has 33 heavy (non-hydrogen) atoms. The van der Waals surface area contributed by atoms with Crippen LogP contribution in [0.3, 0.4) is 0 Å². The lowest BCUT2D eigenvalue weighted by Gasteiger charge is -2.35. The summed E-state index contributed by atoms with van der Waals surface area (Å²) < 4.78 is 5.70. The van der Waals surface area contributed by atoms with Crippen LogP contribution in [0.1, 0.15) is 31.7 Å². The van der Waals surface area contributed by atoms with Crippen molar-refractivity contribution in [1.82, 2.24) is 24.7 Å². The number of aromatic nitrogens is 2. The summed E-state index contributed by atoms with van der Waals surface area (Å²) >= 11 is 0. The lowest BCUT2D eigenvalue weighted by molar-refractivity contribution is -0.134. The third-order valence-corrected chi connectivity index (χ3v) is 6.11. The van der Waals surface area contributed by atoms with E-state index in [0.717, 1.165) is 44.2 Å². The minimum absolute atomic E-state index is 0.0525. The number of ketones is 1. The van der Waals surface area contributed by atoms with Crippen molar-refractivity contribution in [1.29, 1.82) is 0 Å². The Kier molecular flexibility index (Phi) is 9.56. The molecule has 0 atom stereocenters. The predicted molar refractivity (Wildman–Crippen MR) is 124 cm³/mol. The molecule has 2 fully saturated rings. The van der Waals surface area contributed by atoms with Crippen molar-refractivity contribution in [2.45, 2.75) is 33.1 Å². The fourth-order valence-corrected chi connectivity index (χ4v) is 3.98. The Hall–Kier alpha value is -2.59. The monoisotopic (exact) mass is 460 g/mol. The van der Waals surface area contributed by atoms with E-state index in [2.05, 4.69) is 19.8 Å². The number of anilines is 1. The Morgan fingerprint density at radius 3 is 2.00 bits per heavy atom. The van der Waals surface area contributed by atoms with E-state index >= 15 is 0 Å².